The quantitative estimate of drug-likeness (QED) is 0.211. The molecular weight excluding hydrogens is 513 g/mol. The molecule has 0 aromatic heterocycles. The van der Waals surface area contributed by atoms with Crippen LogP contribution in [0.2, 0.25) is 0 Å². The third kappa shape index (κ3) is 3.18. The maximum atomic E-state index is 2.47. The minimum Gasteiger partial charge on any atom is -0.0888 e. The van der Waals surface area contributed by atoms with E-state index in [0.717, 1.165) is 0 Å². The average Bonchev–Trinajstić information content (AvgIpc) is 3.30. The molecule has 0 saturated carbocycles. The van der Waals surface area contributed by atoms with Gasteiger partial charge < -0.3 is 0 Å². The molecule has 0 amide bonds. The normalized spacial score (nSPS) is 16.4. The van der Waals surface area contributed by atoms with E-state index in [9.17, 15) is 0 Å². The van der Waals surface area contributed by atoms with E-state index in [-0.39, 0.29) is 5.41 Å². The van der Waals surface area contributed by atoms with Crippen molar-refractivity contribution >= 4 is 33.3 Å². The van der Waals surface area contributed by atoms with Gasteiger partial charge in [0.2, 0.25) is 0 Å². The lowest BCUT2D eigenvalue weighted by atomic mass is 9.72. The second-order valence-corrected chi connectivity index (χ2v) is 12.5. The van der Waals surface area contributed by atoms with Crippen molar-refractivity contribution in [3.05, 3.63) is 156 Å². The molecule has 0 N–H and O–H groups in total. The zero-order chi connectivity index (χ0) is 27.1. The third-order valence-electron chi connectivity index (χ3n) is 9.30. The summed E-state index contributed by atoms with van der Waals surface area (Å²) >= 11 is 1.90. The molecule has 0 saturated heterocycles. The summed E-state index contributed by atoms with van der Waals surface area (Å²) in [4.78, 5) is 2.67. The molecule has 7 aromatic rings. The number of fused-ring (bicyclic) bond motifs is 7. The van der Waals surface area contributed by atoms with E-state index in [2.05, 4.69) is 146 Å². The van der Waals surface area contributed by atoms with E-state index < -0.39 is 0 Å². The summed E-state index contributed by atoms with van der Waals surface area (Å²) < 4.78 is 0. The number of rotatable bonds is 2. The lowest BCUT2D eigenvalue weighted by Crippen LogP contribution is -2.22. The summed E-state index contributed by atoms with van der Waals surface area (Å²) in [5.74, 6) is 0. The van der Waals surface area contributed by atoms with Crippen LogP contribution in [0.3, 0.4) is 0 Å². The Morgan fingerprint density at radius 3 is 2.17 bits per heavy atom. The first-order valence-electron chi connectivity index (χ1n) is 14.3. The van der Waals surface area contributed by atoms with Crippen molar-refractivity contribution in [2.75, 3.05) is 0 Å². The van der Waals surface area contributed by atoms with Crippen LogP contribution in [-0.2, 0) is 5.41 Å². The number of hydrogen-bond donors (Lipinski definition) is 0. The van der Waals surface area contributed by atoms with Gasteiger partial charge in [0.1, 0.15) is 0 Å². The fourth-order valence-electron chi connectivity index (χ4n) is 7.37. The molecule has 0 bridgehead atoms. The van der Waals surface area contributed by atoms with Gasteiger partial charge in [-0.1, -0.05) is 127 Å². The van der Waals surface area contributed by atoms with Gasteiger partial charge in [-0.3, -0.25) is 0 Å². The van der Waals surface area contributed by atoms with E-state index in [0.29, 0.717) is 0 Å². The Labute approximate surface area is 244 Å². The third-order valence-corrected chi connectivity index (χ3v) is 10.4. The monoisotopic (exact) mass is 538 g/mol. The van der Waals surface area contributed by atoms with Crippen LogP contribution in [0.4, 0.5) is 0 Å². The molecular formula is C40H26S. The lowest BCUT2D eigenvalue weighted by molar-refractivity contribution is 0.720. The Morgan fingerprint density at radius 2 is 1.24 bits per heavy atom. The summed E-state index contributed by atoms with van der Waals surface area (Å²) in [6.45, 7) is 2.42. The highest BCUT2D eigenvalue weighted by Gasteiger charge is 2.42. The van der Waals surface area contributed by atoms with Crippen LogP contribution in [0.15, 0.2) is 149 Å². The van der Waals surface area contributed by atoms with Gasteiger partial charge in [0.15, 0.2) is 0 Å². The highest BCUT2D eigenvalue weighted by atomic mass is 32.2. The van der Waals surface area contributed by atoms with Crippen LogP contribution in [-0.4, -0.2) is 0 Å². The van der Waals surface area contributed by atoms with Crippen molar-refractivity contribution < 1.29 is 0 Å². The van der Waals surface area contributed by atoms with Crippen LogP contribution in [0.1, 0.15) is 23.6 Å². The summed E-state index contributed by atoms with van der Waals surface area (Å²) in [6, 6.07) is 52.0. The summed E-state index contributed by atoms with van der Waals surface area (Å²) in [5.41, 5.74) is 11.8. The highest BCUT2D eigenvalue weighted by molar-refractivity contribution is 7.99. The first-order chi connectivity index (χ1) is 20.2. The molecule has 9 rings (SSSR count). The molecule has 7 aromatic carbocycles. The van der Waals surface area contributed by atoms with E-state index in [1.54, 1.807) is 0 Å². The number of hydrogen-bond acceptors (Lipinski definition) is 1. The molecule has 1 aliphatic heterocycles. The van der Waals surface area contributed by atoms with Gasteiger partial charge in [0, 0.05) is 20.6 Å². The van der Waals surface area contributed by atoms with Crippen molar-refractivity contribution in [3.63, 3.8) is 0 Å². The van der Waals surface area contributed by atoms with Crippen molar-refractivity contribution in [1.29, 1.82) is 0 Å². The van der Waals surface area contributed by atoms with E-state index >= 15 is 0 Å². The van der Waals surface area contributed by atoms with Gasteiger partial charge in [-0.2, -0.15) is 0 Å². The Hall–Kier alpha value is -4.59. The summed E-state index contributed by atoms with van der Waals surface area (Å²) in [6.07, 6.45) is 0. The second-order valence-electron chi connectivity index (χ2n) is 11.4. The SMILES string of the molecule is CC1(c2ccccc2)c2cc(-c3cc4c5c(cccc5c3)-c3ccccc3S4)ccc2-c2ccc3ccccc3c21. The second kappa shape index (κ2) is 8.46. The maximum absolute atomic E-state index is 2.47. The Morgan fingerprint density at radius 1 is 0.488 bits per heavy atom. The molecule has 1 atom stereocenters. The zero-order valence-corrected chi connectivity index (χ0v) is 23.5. The average molecular weight is 539 g/mol. The van der Waals surface area contributed by atoms with Gasteiger partial charge >= 0.3 is 0 Å². The summed E-state index contributed by atoms with van der Waals surface area (Å²) in [7, 11) is 0. The molecule has 0 fully saturated rings. The largest absolute Gasteiger partial charge is 0.0888 e. The van der Waals surface area contributed by atoms with E-state index in [1.807, 2.05) is 11.8 Å². The van der Waals surface area contributed by atoms with Crippen LogP contribution >= 0.6 is 11.8 Å². The van der Waals surface area contributed by atoms with E-state index in [1.165, 1.54) is 81.4 Å². The van der Waals surface area contributed by atoms with Crippen LogP contribution in [0.5, 0.6) is 0 Å². The minimum absolute atomic E-state index is 0.255. The van der Waals surface area contributed by atoms with Crippen LogP contribution in [0, 0.1) is 0 Å². The predicted molar refractivity (Wildman–Crippen MR) is 174 cm³/mol. The fourth-order valence-corrected chi connectivity index (χ4v) is 8.56. The van der Waals surface area contributed by atoms with Crippen molar-refractivity contribution in [1.82, 2.24) is 0 Å². The molecule has 41 heavy (non-hydrogen) atoms. The van der Waals surface area contributed by atoms with Crippen LogP contribution in [0.25, 0.3) is 54.9 Å². The Balaban J connectivity index is 1.29. The molecule has 1 unspecified atom stereocenters. The predicted octanol–water partition coefficient (Wildman–Crippen LogP) is 11.1. The topological polar surface area (TPSA) is 0 Å². The Bertz CT molecular complexity index is 2190. The minimum atomic E-state index is -0.255. The van der Waals surface area contributed by atoms with Crippen molar-refractivity contribution in [2.24, 2.45) is 0 Å². The molecule has 2 aliphatic rings. The lowest BCUT2D eigenvalue weighted by Gasteiger charge is -2.30. The van der Waals surface area contributed by atoms with Gasteiger partial charge in [-0.15, -0.1) is 0 Å². The maximum Gasteiger partial charge on any atom is 0.0441 e. The highest BCUT2D eigenvalue weighted by Crippen LogP contribution is 2.56. The molecule has 1 heteroatoms. The fraction of sp³-hybridized carbons (Fsp3) is 0.0500. The Kier molecular flexibility index (Phi) is 4.77. The van der Waals surface area contributed by atoms with Gasteiger partial charge in [-0.05, 0) is 97.4 Å². The first kappa shape index (κ1) is 23.1. The van der Waals surface area contributed by atoms with Gasteiger partial charge in [0.25, 0.3) is 0 Å². The van der Waals surface area contributed by atoms with Crippen molar-refractivity contribution in [3.8, 4) is 33.4 Å². The smallest absolute Gasteiger partial charge is 0.0441 e. The van der Waals surface area contributed by atoms with Crippen LogP contribution < -0.4 is 0 Å². The summed E-state index contributed by atoms with van der Waals surface area (Å²) in [5, 5.41) is 5.31. The molecule has 1 heterocycles. The first-order valence-corrected chi connectivity index (χ1v) is 15.1. The molecule has 0 radical (unpaired) electrons. The standard InChI is InChI=1S/C40H26S/c1-40(29-12-3-2-4-13-29)35-23-26(19-20-31(35)34-21-18-25-10-5-6-14-30(25)39(34)40)28-22-27-11-9-16-33-32-15-7-8-17-36(32)41-37(24-28)38(27)33/h2-24H,1H3. The van der Waals surface area contributed by atoms with E-state index in [4.69, 9.17) is 0 Å². The zero-order valence-electron chi connectivity index (χ0n) is 22.7. The van der Waals surface area contributed by atoms with Gasteiger partial charge in [0.05, 0.1) is 0 Å². The molecule has 0 spiro atoms. The number of benzene rings is 7. The molecule has 1 aliphatic carbocycles. The van der Waals surface area contributed by atoms with Gasteiger partial charge in [-0.25, -0.2) is 0 Å². The molecule has 192 valence electrons. The van der Waals surface area contributed by atoms with Crippen molar-refractivity contribution in [2.45, 2.75) is 22.1 Å². The molecule has 0 nitrogen and oxygen atoms in total.